The van der Waals surface area contributed by atoms with E-state index in [1.54, 1.807) is 12.1 Å². The van der Waals surface area contributed by atoms with Gasteiger partial charge < -0.3 is 14.6 Å². The van der Waals surface area contributed by atoms with Gasteiger partial charge >= 0.3 is 0 Å². The number of hydrogen-bond donors (Lipinski definition) is 1. The molecule has 2 aromatic carbocycles. The van der Waals surface area contributed by atoms with E-state index in [2.05, 4.69) is 24.1 Å². The lowest BCUT2D eigenvalue weighted by Gasteiger charge is -2.32. The van der Waals surface area contributed by atoms with E-state index in [0.29, 0.717) is 27.6 Å². The third-order valence-corrected chi connectivity index (χ3v) is 7.72. The summed E-state index contributed by atoms with van der Waals surface area (Å²) in [5, 5.41) is 20.8. The van der Waals surface area contributed by atoms with Crippen LogP contribution in [0.4, 0.5) is 0 Å². The molecule has 0 atom stereocenters. The largest absolute Gasteiger partial charge is 0.390 e. The summed E-state index contributed by atoms with van der Waals surface area (Å²) in [6.07, 6.45) is 4.70. The molecule has 0 saturated carbocycles. The predicted octanol–water partition coefficient (Wildman–Crippen LogP) is 6.56. The molecule has 192 valence electrons. The lowest BCUT2D eigenvalue weighted by Crippen LogP contribution is -2.33. The van der Waals surface area contributed by atoms with Gasteiger partial charge in [0.2, 0.25) is 0 Å². The molecule has 3 aromatic rings. The van der Waals surface area contributed by atoms with E-state index in [0.717, 1.165) is 46.3 Å². The number of carbonyl (C=O) groups is 1. The summed E-state index contributed by atoms with van der Waals surface area (Å²) in [7, 11) is 4.12. The molecule has 1 aliphatic rings. The Bertz CT molecular complexity index is 1280. The van der Waals surface area contributed by atoms with Crippen molar-refractivity contribution in [3.63, 3.8) is 0 Å². The van der Waals surface area contributed by atoms with Crippen molar-refractivity contribution >= 4 is 40.4 Å². The highest BCUT2D eigenvalue weighted by Crippen LogP contribution is 2.32. The van der Waals surface area contributed by atoms with Gasteiger partial charge in [0, 0.05) is 40.7 Å². The minimum atomic E-state index is -0.472. The second-order valence-electron chi connectivity index (χ2n) is 10.5. The fourth-order valence-electron chi connectivity index (χ4n) is 4.92. The molecule has 1 saturated heterocycles. The molecule has 5 nitrogen and oxygen atoms in total. The normalized spacial score (nSPS) is 14.9. The highest BCUT2D eigenvalue weighted by Gasteiger charge is 2.23. The van der Waals surface area contributed by atoms with Crippen molar-refractivity contribution < 1.29 is 9.90 Å². The van der Waals surface area contributed by atoms with Crippen molar-refractivity contribution in [3.05, 3.63) is 68.3 Å². The van der Waals surface area contributed by atoms with Gasteiger partial charge in [-0.05, 0) is 108 Å². The lowest BCUT2D eigenvalue weighted by atomic mass is 9.86. The maximum Gasteiger partial charge on any atom is 0.151 e. The lowest BCUT2D eigenvalue weighted by molar-refractivity contribution is 0.0399. The Labute approximate surface area is 224 Å². The number of piperidine rings is 1. The van der Waals surface area contributed by atoms with Crippen molar-refractivity contribution in [3.8, 4) is 6.07 Å². The average molecular weight is 529 g/mol. The number of aldehydes is 1. The second-order valence-corrected chi connectivity index (χ2v) is 11.3. The summed E-state index contributed by atoms with van der Waals surface area (Å²) in [4.78, 5) is 13.5. The number of likely N-dealkylation sites (tertiary alicyclic amines) is 1. The van der Waals surface area contributed by atoms with Crippen LogP contribution in [-0.4, -0.2) is 46.6 Å². The Morgan fingerprint density at radius 2 is 1.83 bits per heavy atom. The quantitative estimate of drug-likeness (QED) is 0.381. The van der Waals surface area contributed by atoms with Crippen LogP contribution >= 0.6 is 23.2 Å². The smallest absolute Gasteiger partial charge is 0.151 e. The zero-order valence-corrected chi connectivity index (χ0v) is 23.2. The number of fused-ring (bicyclic) bond motifs is 1. The van der Waals surface area contributed by atoms with E-state index in [9.17, 15) is 9.90 Å². The fraction of sp³-hybridized carbons (Fsp3) is 0.448. The van der Waals surface area contributed by atoms with E-state index in [1.807, 2.05) is 44.5 Å². The molecular weight excluding hydrogens is 493 g/mol. The Morgan fingerprint density at radius 1 is 1.17 bits per heavy atom. The highest BCUT2D eigenvalue weighted by molar-refractivity contribution is 6.37. The van der Waals surface area contributed by atoms with E-state index in [1.165, 1.54) is 25.9 Å². The zero-order valence-electron chi connectivity index (χ0n) is 21.7. The van der Waals surface area contributed by atoms with Crippen molar-refractivity contribution in [2.45, 2.75) is 52.1 Å². The molecule has 0 unspecified atom stereocenters. The molecular formula is C29H35Cl2N3O2. The number of nitriles is 1. The number of benzene rings is 2. The summed E-state index contributed by atoms with van der Waals surface area (Å²) < 4.78 is 2.03. The Balaban J connectivity index is 0.000000253. The van der Waals surface area contributed by atoms with Gasteiger partial charge in [-0.3, -0.25) is 4.79 Å². The molecule has 0 aliphatic carbocycles. The topological polar surface area (TPSA) is 69.3 Å². The van der Waals surface area contributed by atoms with Gasteiger partial charge in [-0.25, -0.2) is 0 Å². The molecule has 2 heterocycles. The molecule has 0 bridgehead atoms. The third kappa shape index (κ3) is 6.89. The minimum Gasteiger partial charge on any atom is -0.390 e. The van der Waals surface area contributed by atoms with Gasteiger partial charge in [-0.15, -0.1) is 0 Å². The summed E-state index contributed by atoms with van der Waals surface area (Å²) in [5.41, 5.74) is 4.36. The van der Waals surface area contributed by atoms with E-state index in [4.69, 9.17) is 28.5 Å². The molecule has 0 spiro atoms. The maximum atomic E-state index is 11.1. The first kappa shape index (κ1) is 28.2. The molecule has 1 fully saturated rings. The summed E-state index contributed by atoms with van der Waals surface area (Å²) in [6, 6.07) is 11.3. The van der Waals surface area contributed by atoms with Crippen LogP contribution in [0.3, 0.4) is 0 Å². The molecule has 36 heavy (non-hydrogen) atoms. The summed E-state index contributed by atoms with van der Waals surface area (Å²) >= 11 is 12.6. The summed E-state index contributed by atoms with van der Waals surface area (Å²) in [5.74, 6) is 0.737. The molecule has 0 amide bonds. The predicted molar refractivity (Wildman–Crippen MR) is 148 cm³/mol. The Morgan fingerprint density at radius 3 is 2.42 bits per heavy atom. The van der Waals surface area contributed by atoms with Crippen LogP contribution in [0, 0.1) is 24.2 Å². The van der Waals surface area contributed by atoms with Gasteiger partial charge in [-0.1, -0.05) is 23.2 Å². The number of hydrogen-bond acceptors (Lipinski definition) is 4. The fourth-order valence-corrected chi connectivity index (χ4v) is 5.47. The molecule has 1 aliphatic heterocycles. The zero-order chi connectivity index (χ0) is 26.6. The van der Waals surface area contributed by atoms with E-state index in [-0.39, 0.29) is 0 Å². The van der Waals surface area contributed by atoms with Crippen LogP contribution in [0.5, 0.6) is 0 Å². The SMILES string of the molecule is CN1CCC(CC(C)(C)O)CC1.Cc1cc(C#N)cc2c1cc(Cc1c(Cl)ccc(C=O)c1Cl)n2C. The Hall–Kier alpha value is -2.36. The van der Waals surface area contributed by atoms with Crippen molar-refractivity contribution in [1.82, 2.24) is 9.47 Å². The average Bonchev–Trinajstić information content (AvgIpc) is 3.13. The number of aromatic nitrogens is 1. The third-order valence-electron chi connectivity index (χ3n) is 6.92. The van der Waals surface area contributed by atoms with Crippen molar-refractivity contribution in [2.24, 2.45) is 13.0 Å². The summed E-state index contributed by atoms with van der Waals surface area (Å²) in [6.45, 7) is 8.19. The number of aryl methyl sites for hydroxylation is 2. The molecule has 1 aromatic heterocycles. The van der Waals surface area contributed by atoms with Crippen molar-refractivity contribution in [1.29, 1.82) is 5.26 Å². The minimum absolute atomic E-state index is 0.386. The van der Waals surface area contributed by atoms with Crippen LogP contribution in [0.25, 0.3) is 10.9 Å². The monoisotopic (exact) mass is 527 g/mol. The van der Waals surface area contributed by atoms with Crippen LogP contribution < -0.4 is 0 Å². The van der Waals surface area contributed by atoms with Gasteiger partial charge in [0.1, 0.15) is 0 Å². The first-order chi connectivity index (χ1) is 16.9. The molecule has 7 heteroatoms. The maximum absolute atomic E-state index is 11.1. The number of nitrogens with zero attached hydrogens (tertiary/aromatic N) is 3. The van der Waals surface area contributed by atoms with Crippen LogP contribution in [0.1, 0.15) is 65.9 Å². The second kappa shape index (κ2) is 11.8. The molecule has 1 N–H and O–H groups in total. The molecule has 4 rings (SSSR count). The number of rotatable bonds is 5. The van der Waals surface area contributed by atoms with Crippen molar-refractivity contribution in [2.75, 3.05) is 20.1 Å². The molecule has 0 radical (unpaired) electrons. The number of aliphatic hydroxyl groups is 1. The van der Waals surface area contributed by atoms with Gasteiger partial charge in [0.25, 0.3) is 0 Å². The van der Waals surface area contributed by atoms with E-state index >= 15 is 0 Å². The van der Waals surface area contributed by atoms with Crippen LogP contribution in [0.15, 0.2) is 30.3 Å². The standard InChI is InChI=1S/C19H14Cl2N2O.C10H21NO/c1-11-5-12(9-22)6-18-15(11)7-14(23(18)2)8-16-17(20)4-3-13(10-24)19(16)21;1-10(2,12)8-9-4-6-11(3)7-5-9/h3-7,10H,8H2,1-2H3;9,12H,4-8H2,1-3H3. The first-order valence-corrected chi connectivity index (χ1v) is 13.0. The first-order valence-electron chi connectivity index (χ1n) is 12.3. The van der Waals surface area contributed by atoms with Crippen LogP contribution in [0.2, 0.25) is 10.0 Å². The Kier molecular flexibility index (Phi) is 9.24. The highest BCUT2D eigenvalue weighted by atomic mass is 35.5. The van der Waals surface area contributed by atoms with Crippen LogP contribution in [-0.2, 0) is 13.5 Å². The number of halogens is 2. The van der Waals surface area contributed by atoms with E-state index < -0.39 is 5.60 Å². The van der Waals surface area contributed by atoms with Gasteiger partial charge in [0.05, 0.1) is 22.3 Å². The van der Waals surface area contributed by atoms with Gasteiger partial charge in [0.15, 0.2) is 6.29 Å². The van der Waals surface area contributed by atoms with Gasteiger partial charge in [-0.2, -0.15) is 5.26 Å². The number of carbonyl (C=O) groups excluding carboxylic acids is 1.